The van der Waals surface area contributed by atoms with Crippen molar-refractivity contribution in [3.8, 4) is 5.75 Å². The molecule has 4 rings (SSSR count). The molecule has 5 heteroatoms. The van der Waals surface area contributed by atoms with Crippen LogP contribution in [0.5, 0.6) is 5.75 Å². The van der Waals surface area contributed by atoms with Gasteiger partial charge in [0.2, 0.25) is 0 Å². The molecule has 0 saturated carbocycles. The smallest absolute Gasteiger partial charge is 0.343 e. The molecule has 132 valence electrons. The summed E-state index contributed by atoms with van der Waals surface area (Å²) in [5.74, 6) is 0.774. The molecule has 1 aromatic heterocycles. The van der Waals surface area contributed by atoms with E-state index >= 15 is 0 Å². The summed E-state index contributed by atoms with van der Waals surface area (Å²) in [7, 11) is 0. The van der Waals surface area contributed by atoms with Crippen molar-refractivity contribution in [1.29, 1.82) is 0 Å². The van der Waals surface area contributed by atoms with Crippen LogP contribution in [0, 0.1) is 6.92 Å². The first kappa shape index (κ1) is 16.7. The van der Waals surface area contributed by atoms with E-state index in [2.05, 4.69) is 15.3 Å². The van der Waals surface area contributed by atoms with Gasteiger partial charge in [-0.05, 0) is 43.3 Å². The van der Waals surface area contributed by atoms with Gasteiger partial charge >= 0.3 is 5.97 Å². The summed E-state index contributed by atoms with van der Waals surface area (Å²) in [4.78, 5) is 20.9. The number of fused-ring (bicyclic) bond motifs is 1. The van der Waals surface area contributed by atoms with E-state index in [1.165, 1.54) is 6.33 Å². The Bertz CT molecular complexity index is 1120. The van der Waals surface area contributed by atoms with Crippen molar-refractivity contribution < 1.29 is 9.53 Å². The highest BCUT2D eigenvalue weighted by Gasteiger charge is 2.10. The van der Waals surface area contributed by atoms with Gasteiger partial charge in [-0.3, -0.25) is 0 Å². The fourth-order valence-corrected chi connectivity index (χ4v) is 2.82. The molecule has 0 aliphatic heterocycles. The molecular weight excluding hydrogens is 338 g/mol. The number of hydrogen-bond acceptors (Lipinski definition) is 5. The van der Waals surface area contributed by atoms with Crippen molar-refractivity contribution in [1.82, 2.24) is 9.97 Å². The van der Waals surface area contributed by atoms with Gasteiger partial charge in [0.1, 0.15) is 17.9 Å². The summed E-state index contributed by atoms with van der Waals surface area (Å²) in [6.45, 7) is 1.94. The minimum absolute atomic E-state index is 0.386. The number of carbonyl (C=O) groups excluding carboxylic acids is 1. The first-order valence-electron chi connectivity index (χ1n) is 8.55. The lowest BCUT2D eigenvalue weighted by Crippen LogP contribution is -2.08. The molecule has 0 radical (unpaired) electrons. The van der Waals surface area contributed by atoms with Crippen LogP contribution in [0.3, 0.4) is 0 Å². The zero-order valence-corrected chi connectivity index (χ0v) is 14.7. The summed E-state index contributed by atoms with van der Waals surface area (Å²) < 4.78 is 5.51. The van der Waals surface area contributed by atoms with Crippen molar-refractivity contribution in [2.24, 2.45) is 0 Å². The topological polar surface area (TPSA) is 64.1 Å². The van der Waals surface area contributed by atoms with Gasteiger partial charge in [-0.15, -0.1) is 0 Å². The Morgan fingerprint density at radius 3 is 2.67 bits per heavy atom. The van der Waals surface area contributed by atoms with Crippen molar-refractivity contribution in [3.63, 3.8) is 0 Å². The maximum absolute atomic E-state index is 12.3. The van der Waals surface area contributed by atoms with Gasteiger partial charge in [-0.2, -0.15) is 0 Å². The molecule has 0 spiro atoms. The minimum Gasteiger partial charge on any atom is -0.423 e. The van der Waals surface area contributed by atoms with E-state index in [9.17, 15) is 4.79 Å². The normalized spacial score (nSPS) is 10.6. The number of esters is 1. The Kier molecular flexibility index (Phi) is 4.49. The molecule has 3 aromatic carbocycles. The molecule has 1 N–H and O–H groups in total. The monoisotopic (exact) mass is 355 g/mol. The molecule has 0 saturated heterocycles. The molecule has 0 aliphatic rings. The van der Waals surface area contributed by atoms with Crippen LogP contribution >= 0.6 is 0 Å². The third-order valence-electron chi connectivity index (χ3n) is 4.10. The quantitative estimate of drug-likeness (QED) is 0.417. The summed E-state index contributed by atoms with van der Waals surface area (Å²) in [6.07, 6.45) is 1.52. The number of hydrogen-bond donors (Lipinski definition) is 1. The number of nitrogens with zero attached hydrogens (tertiary/aromatic N) is 2. The van der Waals surface area contributed by atoms with E-state index in [0.717, 1.165) is 22.2 Å². The molecule has 27 heavy (non-hydrogen) atoms. The first-order chi connectivity index (χ1) is 13.2. The Morgan fingerprint density at radius 1 is 0.926 bits per heavy atom. The molecular formula is C22H17N3O2. The fraction of sp³-hybridized carbons (Fsp3) is 0.0455. The lowest BCUT2D eigenvalue weighted by Gasteiger charge is -2.10. The largest absolute Gasteiger partial charge is 0.423 e. The number of para-hydroxylation sites is 1. The number of nitrogens with one attached hydrogen (secondary N) is 1. The highest BCUT2D eigenvalue weighted by atomic mass is 16.5. The average molecular weight is 355 g/mol. The molecule has 0 fully saturated rings. The molecule has 1 heterocycles. The maximum atomic E-state index is 12.3. The molecule has 4 aromatic rings. The first-order valence-corrected chi connectivity index (χ1v) is 8.55. The van der Waals surface area contributed by atoms with Crippen molar-refractivity contribution >= 4 is 28.4 Å². The number of aromatic nitrogens is 2. The Labute approximate surface area is 156 Å². The SMILES string of the molecule is Cc1cccc(C(=O)Oc2cccc(Nc3ncnc4ccccc34)c2)c1. The van der Waals surface area contributed by atoms with Crippen molar-refractivity contribution in [3.05, 3.63) is 90.3 Å². The summed E-state index contributed by atoms with van der Waals surface area (Å²) in [5.41, 5.74) is 3.16. The number of anilines is 2. The van der Waals surface area contributed by atoms with Crippen LogP contribution < -0.4 is 10.1 Å². The van der Waals surface area contributed by atoms with Crippen molar-refractivity contribution in [2.45, 2.75) is 6.92 Å². The van der Waals surface area contributed by atoms with Gasteiger partial charge in [0.15, 0.2) is 0 Å². The van der Waals surface area contributed by atoms with Gasteiger partial charge in [-0.25, -0.2) is 14.8 Å². The zero-order valence-electron chi connectivity index (χ0n) is 14.7. The lowest BCUT2D eigenvalue weighted by molar-refractivity contribution is 0.0735. The molecule has 5 nitrogen and oxygen atoms in total. The van der Waals surface area contributed by atoms with Crippen LogP contribution in [0.15, 0.2) is 79.1 Å². The van der Waals surface area contributed by atoms with Gasteiger partial charge in [0.25, 0.3) is 0 Å². The molecule has 0 atom stereocenters. The average Bonchev–Trinajstić information content (AvgIpc) is 2.69. The summed E-state index contributed by atoms with van der Waals surface area (Å²) in [5, 5.41) is 4.19. The van der Waals surface area contributed by atoms with E-state index in [4.69, 9.17) is 4.74 Å². The number of aryl methyl sites for hydroxylation is 1. The Morgan fingerprint density at radius 2 is 1.78 bits per heavy atom. The van der Waals surface area contributed by atoms with Crippen LogP contribution in [-0.4, -0.2) is 15.9 Å². The highest BCUT2D eigenvalue weighted by molar-refractivity contribution is 5.92. The van der Waals surface area contributed by atoms with Crippen LogP contribution in [0.4, 0.5) is 11.5 Å². The van der Waals surface area contributed by atoms with Gasteiger partial charge in [-0.1, -0.05) is 35.9 Å². The summed E-state index contributed by atoms with van der Waals surface area (Å²) in [6, 6.07) is 22.3. The Hall–Kier alpha value is -3.73. The number of benzene rings is 3. The predicted molar refractivity (Wildman–Crippen MR) is 105 cm³/mol. The van der Waals surface area contributed by atoms with E-state index in [0.29, 0.717) is 17.1 Å². The van der Waals surface area contributed by atoms with E-state index in [1.807, 2.05) is 55.5 Å². The second-order valence-electron chi connectivity index (χ2n) is 6.15. The van der Waals surface area contributed by atoms with Gasteiger partial charge in [0, 0.05) is 17.1 Å². The highest BCUT2D eigenvalue weighted by Crippen LogP contribution is 2.25. The van der Waals surface area contributed by atoms with Crippen molar-refractivity contribution in [2.75, 3.05) is 5.32 Å². The molecule has 0 unspecified atom stereocenters. The number of rotatable bonds is 4. The van der Waals surface area contributed by atoms with Gasteiger partial charge < -0.3 is 10.1 Å². The van der Waals surface area contributed by atoms with Crippen LogP contribution in [0.25, 0.3) is 10.9 Å². The second kappa shape index (κ2) is 7.25. The minimum atomic E-state index is -0.386. The standard InChI is InChI=1S/C22H17N3O2/c1-15-6-4-7-16(12-15)22(26)27-18-9-5-8-17(13-18)25-21-19-10-2-3-11-20(19)23-14-24-21/h2-14H,1H3,(H,23,24,25). The van der Waals surface area contributed by atoms with Crippen LogP contribution in [-0.2, 0) is 0 Å². The Balaban J connectivity index is 1.56. The molecule has 0 bridgehead atoms. The van der Waals surface area contributed by atoms with E-state index in [1.54, 1.807) is 24.3 Å². The predicted octanol–water partition coefficient (Wildman–Crippen LogP) is 4.90. The third kappa shape index (κ3) is 3.77. The molecule has 0 aliphatic carbocycles. The third-order valence-corrected chi connectivity index (χ3v) is 4.10. The fourth-order valence-electron chi connectivity index (χ4n) is 2.82. The second-order valence-corrected chi connectivity index (χ2v) is 6.15. The number of carbonyl (C=O) groups is 1. The van der Waals surface area contributed by atoms with Crippen LogP contribution in [0.1, 0.15) is 15.9 Å². The summed E-state index contributed by atoms with van der Waals surface area (Å²) >= 11 is 0. The number of ether oxygens (including phenoxy) is 1. The zero-order chi connectivity index (χ0) is 18.6. The van der Waals surface area contributed by atoms with E-state index in [-0.39, 0.29) is 5.97 Å². The molecule has 0 amide bonds. The lowest BCUT2D eigenvalue weighted by atomic mass is 10.1. The van der Waals surface area contributed by atoms with Gasteiger partial charge in [0.05, 0.1) is 11.1 Å². The maximum Gasteiger partial charge on any atom is 0.343 e. The van der Waals surface area contributed by atoms with Crippen LogP contribution in [0.2, 0.25) is 0 Å². The van der Waals surface area contributed by atoms with E-state index < -0.39 is 0 Å².